The molecule has 0 bridgehead atoms. The number of hydrogen-bond donors (Lipinski definition) is 1. The zero-order valence-electron chi connectivity index (χ0n) is 41.1. The van der Waals surface area contributed by atoms with Crippen molar-refractivity contribution in [3.8, 4) is 0 Å². The maximum Gasteiger partial charge on any atom is 0.328 e. The lowest BCUT2D eigenvalue weighted by Gasteiger charge is -2.41. The van der Waals surface area contributed by atoms with Crippen LogP contribution in [0.5, 0.6) is 0 Å². The van der Waals surface area contributed by atoms with Crippen LogP contribution in [-0.2, 0) is 44.6 Å². The minimum absolute atomic E-state index is 0.0158. The van der Waals surface area contributed by atoms with Gasteiger partial charge >= 0.3 is 5.97 Å². The molecule has 354 valence electrons. The highest BCUT2D eigenvalue weighted by molar-refractivity contribution is 5.90. The minimum Gasteiger partial charge on any atom is -0.467 e. The van der Waals surface area contributed by atoms with Crippen molar-refractivity contribution >= 4 is 29.5 Å². The maximum absolute atomic E-state index is 14.6. The van der Waals surface area contributed by atoms with Crippen LogP contribution in [0.15, 0.2) is 30.3 Å². The summed E-state index contributed by atoms with van der Waals surface area (Å²) in [5, 5.41) is 2.88. The molecule has 0 aliphatic carbocycles. The summed E-state index contributed by atoms with van der Waals surface area (Å²) in [5.74, 6) is -2.35. The fourth-order valence-corrected chi connectivity index (χ4v) is 9.25. The molecular formula is C49H85N5O8. The first-order chi connectivity index (χ1) is 29.2. The van der Waals surface area contributed by atoms with E-state index < -0.39 is 42.1 Å². The van der Waals surface area contributed by atoms with E-state index in [2.05, 4.69) is 63.7 Å². The summed E-state index contributed by atoms with van der Waals surface area (Å²) >= 11 is 0. The highest BCUT2D eigenvalue weighted by Crippen LogP contribution is 2.31. The number of benzene rings is 1. The molecule has 3 amide bonds. The molecule has 1 aromatic carbocycles. The number of carbonyl (C=O) groups excluding carboxylic acids is 5. The molecule has 1 heterocycles. The Kier molecular flexibility index (Phi) is 23.9. The zero-order valence-corrected chi connectivity index (χ0v) is 41.1. The van der Waals surface area contributed by atoms with Crippen molar-refractivity contribution in [3.63, 3.8) is 0 Å². The third-order valence-electron chi connectivity index (χ3n) is 13.5. The van der Waals surface area contributed by atoms with Gasteiger partial charge in [0.25, 0.3) is 0 Å². The number of likely N-dealkylation sites (N-methyl/N-ethyl adjacent to an activating group) is 2. The van der Waals surface area contributed by atoms with Gasteiger partial charge in [-0.1, -0.05) is 85.2 Å². The first kappa shape index (κ1) is 54.7. The van der Waals surface area contributed by atoms with Gasteiger partial charge in [0, 0.05) is 52.6 Å². The third-order valence-corrected chi connectivity index (χ3v) is 13.5. The number of Topliss-reactive ketones (excluding diaryl/α,β-unsaturated/α-hetero) is 1. The van der Waals surface area contributed by atoms with Gasteiger partial charge in [0.2, 0.25) is 17.7 Å². The summed E-state index contributed by atoms with van der Waals surface area (Å²) in [6, 6.07) is 7.90. The van der Waals surface area contributed by atoms with E-state index in [4.69, 9.17) is 14.2 Å². The van der Waals surface area contributed by atoms with E-state index in [1.807, 2.05) is 51.2 Å². The SMILES string of the molecule is CC[C@H](C)[C@@H]([C@@H](CC(=O)N1CCC[C@H]1[C@H](OC)[C@@H](C)C(=O)N[C@@H](Cc1ccccc1)C(=O)OC)OC)N(C)C(=O)[C@@H](CC(=O)[C@H](C(C)C)N(C)CCCCN(C)C(C)C)C(C)C. The molecule has 1 N–H and O–H groups in total. The molecule has 0 unspecified atom stereocenters. The van der Waals surface area contributed by atoms with Crippen molar-refractivity contribution in [3.05, 3.63) is 35.9 Å². The number of unbranched alkanes of at least 4 members (excludes halogenated alkanes) is 1. The van der Waals surface area contributed by atoms with Gasteiger partial charge < -0.3 is 34.2 Å². The number of carbonyl (C=O) groups is 5. The Hall–Kier alpha value is -3.39. The second-order valence-corrected chi connectivity index (χ2v) is 18.8. The number of nitrogens with zero attached hydrogens (tertiary/aromatic N) is 4. The van der Waals surface area contributed by atoms with Gasteiger partial charge in [-0.2, -0.15) is 0 Å². The smallest absolute Gasteiger partial charge is 0.328 e. The molecule has 1 aromatic rings. The summed E-state index contributed by atoms with van der Waals surface area (Å²) in [5.41, 5.74) is 0.880. The lowest BCUT2D eigenvalue weighted by molar-refractivity contribution is -0.150. The number of esters is 1. The van der Waals surface area contributed by atoms with Crippen LogP contribution in [-0.4, -0.2) is 154 Å². The Balaban J connectivity index is 2.25. The van der Waals surface area contributed by atoms with E-state index in [1.54, 1.807) is 38.0 Å². The molecular weight excluding hydrogens is 787 g/mol. The Morgan fingerprint density at radius 3 is 1.95 bits per heavy atom. The van der Waals surface area contributed by atoms with Crippen LogP contribution in [0.3, 0.4) is 0 Å². The van der Waals surface area contributed by atoms with Crippen LogP contribution in [0.2, 0.25) is 0 Å². The van der Waals surface area contributed by atoms with Gasteiger partial charge in [0.1, 0.15) is 6.04 Å². The number of likely N-dealkylation sites (tertiary alicyclic amines) is 1. The quantitative estimate of drug-likeness (QED) is 0.0776. The number of ketones is 1. The molecule has 0 spiro atoms. The van der Waals surface area contributed by atoms with Crippen molar-refractivity contribution in [2.24, 2.45) is 29.6 Å². The van der Waals surface area contributed by atoms with Crippen LogP contribution in [0.25, 0.3) is 0 Å². The van der Waals surface area contributed by atoms with Crippen LogP contribution in [0.1, 0.15) is 113 Å². The third kappa shape index (κ3) is 15.7. The number of nitrogens with one attached hydrogen (secondary N) is 1. The van der Waals surface area contributed by atoms with E-state index in [1.165, 1.54) is 7.11 Å². The lowest BCUT2D eigenvalue weighted by Crippen LogP contribution is -2.55. The first-order valence-corrected chi connectivity index (χ1v) is 23.2. The van der Waals surface area contributed by atoms with Crippen LogP contribution < -0.4 is 5.32 Å². The molecule has 0 aromatic heterocycles. The number of ether oxygens (including phenoxy) is 3. The molecule has 62 heavy (non-hydrogen) atoms. The Labute approximate surface area is 375 Å². The van der Waals surface area contributed by atoms with Crippen LogP contribution >= 0.6 is 0 Å². The number of methoxy groups -OCH3 is 3. The van der Waals surface area contributed by atoms with Crippen LogP contribution in [0.4, 0.5) is 0 Å². The zero-order chi connectivity index (χ0) is 46.8. The lowest BCUT2D eigenvalue weighted by atomic mass is 9.83. The van der Waals surface area contributed by atoms with Gasteiger partial charge in [-0.05, 0) is 90.0 Å². The van der Waals surface area contributed by atoms with E-state index in [0.29, 0.717) is 19.0 Å². The second kappa shape index (κ2) is 27.1. The summed E-state index contributed by atoms with van der Waals surface area (Å²) in [6.07, 6.45) is 3.32. The number of rotatable bonds is 28. The summed E-state index contributed by atoms with van der Waals surface area (Å²) in [6.45, 7) is 20.7. The second-order valence-electron chi connectivity index (χ2n) is 18.8. The highest BCUT2D eigenvalue weighted by Gasteiger charge is 2.43. The molecule has 13 nitrogen and oxygen atoms in total. The van der Waals surface area contributed by atoms with Gasteiger partial charge in [-0.3, -0.25) is 24.1 Å². The van der Waals surface area contributed by atoms with Crippen molar-refractivity contribution in [2.75, 3.05) is 62.1 Å². The molecule has 9 atom stereocenters. The summed E-state index contributed by atoms with van der Waals surface area (Å²) in [7, 11) is 10.4. The van der Waals surface area contributed by atoms with Gasteiger partial charge in [-0.15, -0.1) is 0 Å². The van der Waals surface area contributed by atoms with Crippen LogP contribution in [0, 0.1) is 29.6 Å². The molecule has 0 saturated carbocycles. The topological polar surface area (TPSA) is 138 Å². The first-order valence-electron chi connectivity index (χ1n) is 23.2. The molecule has 1 aliphatic rings. The molecule has 0 radical (unpaired) electrons. The fraction of sp³-hybridized carbons (Fsp3) is 0.776. The van der Waals surface area contributed by atoms with E-state index in [0.717, 1.165) is 44.3 Å². The normalized spacial score (nSPS) is 18.4. The Morgan fingerprint density at radius 2 is 1.44 bits per heavy atom. The molecule has 1 fully saturated rings. The number of amides is 3. The Bertz CT molecular complexity index is 1520. The summed E-state index contributed by atoms with van der Waals surface area (Å²) < 4.78 is 17.1. The molecule has 13 heteroatoms. The van der Waals surface area contributed by atoms with Gasteiger partial charge in [0.15, 0.2) is 5.78 Å². The average molecular weight is 872 g/mol. The maximum atomic E-state index is 14.6. The minimum atomic E-state index is -0.890. The molecule has 1 aliphatic heterocycles. The van der Waals surface area contributed by atoms with Crippen molar-refractivity contribution in [1.29, 1.82) is 0 Å². The monoisotopic (exact) mass is 872 g/mol. The van der Waals surface area contributed by atoms with Crippen molar-refractivity contribution < 1.29 is 38.2 Å². The Morgan fingerprint density at radius 1 is 0.823 bits per heavy atom. The van der Waals surface area contributed by atoms with Gasteiger partial charge in [-0.25, -0.2) is 4.79 Å². The fourth-order valence-electron chi connectivity index (χ4n) is 9.25. The van der Waals surface area contributed by atoms with Gasteiger partial charge in [0.05, 0.1) is 49.8 Å². The molecule has 1 saturated heterocycles. The van der Waals surface area contributed by atoms with Crippen molar-refractivity contribution in [1.82, 2.24) is 24.9 Å². The predicted molar refractivity (Wildman–Crippen MR) is 246 cm³/mol. The van der Waals surface area contributed by atoms with E-state index in [9.17, 15) is 24.0 Å². The predicted octanol–water partition coefficient (Wildman–Crippen LogP) is 6.12. The van der Waals surface area contributed by atoms with Crippen molar-refractivity contribution in [2.45, 2.75) is 156 Å². The molecule has 2 rings (SSSR count). The number of hydrogen-bond acceptors (Lipinski definition) is 10. The largest absolute Gasteiger partial charge is 0.467 e. The van der Waals surface area contributed by atoms with E-state index >= 15 is 0 Å². The average Bonchev–Trinajstić information content (AvgIpc) is 3.73. The highest BCUT2D eigenvalue weighted by atomic mass is 16.5. The van der Waals surface area contributed by atoms with E-state index in [-0.39, 0.29) is 72.6 Å². The summed E-state index contributed by atoms with van der Waals surface area (Å²) in [4.78, 5) is 77.7. The standard InChI is InChI=1S/C49H85N5O8/c1-16-35(8)45(53(12)48(58)38(32(2)3)30-41(55)44(33(4)5)52(11)27-21-20-26-51(10)34(6)7)42(60-13)31-43(56)54-28-22-25-40(54)46(61-14)36(9)47(57)50-39(49(59)62-15)29-37-23-18-17-19-24-37/h17-19,23-24,32-36,38-40,42,44-46H,16,20-22,25-31H2,1-15H3,(H,50,57)/t35-,36+,38-,39-,40-,42+,44-,45-,46+/m0/s1.